The predicted molar refractivity (Wildman–Crippen MR) is 72.7 cm³/mol. The molecule has 0 spiro atoms. The summed E-state index contributed by atoms with van der Waals surface area (Å²) in [6, 6.07) is 7.66. The molecule has 0 radical (unpaired) electrons. The van der Waals surface area contributed by atoms with Crippen LogP contribution in [0.15, 0.2) is 24.3 Å². The first-order valence-corrected chi connectivity index (χ1v) is 6.91. The first-order chi connectivity index (χ1) is 9.31. The smallest absolute Gasteiger partial charge is 0.161 e. The summed E-state index contributed by atoms with van der Waals surface area (Å²) in [6.45, 7) is 4.42. The molecule has 1 fully saturated rings. The minimum absolute atomic E-state index is 0.174. The van der Waals surface area contributed by atoms with Crippen LogP contribution < -0.4 is 9.47 Å². The molecule has 1 N–H and O–H groups in total. The number of ether oxygens (including phenoxy) is 3. The van der Waals surface area contributed by atoms with Gasteiger partial charge in [-0.3, -0.25) is 0 Å². The molecule has 2 unspecified atom stereocenters. The predicted octanol–water partition coefficient (Wildman–Crippen LogP) is 2.25. The standard InChI is InChI=1S/C15H22O4/c1-2-18-14-5-3-4-6-15(14)19-10-7-12-11-17-9-8-13(12)16/h3-6,12-13,16H,2,7-11H2,1H3. The molecule has 2 atom stereocenters. The van der Waals surface area contributed by atoms with Gasteiger partial charge in [-0.25, -0.2) is 0 Å². The maximum Gasteiger partial charge on any atom is 0.161 e. The van der Waals surface area contributed by atoms with E-state index in [1.165, 1.54) is 0 Å². The van der Waals surface area contributed by atoms with Gasteiger partial charge in [0.15, 0.2) is 11.5 Å². The minimum atomic E-state index is -0.264. The van der Waals surface area contributed by atoms with Crippen molar-refractivity contribution in [2.24, 2.45) is 5.92 Å². The van der Waals surface area contributed by atoms with Gasteiger partial charge in [-0.2, -0.15) is 0 Å². The lowest BCUT2D eigenvalue weighted by Crippen LogP contribution is -2.32. The molecule has 4 nitrogen and oxygen atoms in total. The second kappa shape index (κ2) is 7.36. The van der Waals surface area contributed by atoms with Gasteiger partial charge in [0.1, 0.15) is 0 Å². The molecular formula is C15H22O4. The number of para-hydroxylation sites is 2. The quantitative estimate of drug-likeness (QED) is 0.858. The van der Waals surface area contributed by atoms with Gasteiger partial charge >= 0.3 is 0 Å². The number of aliphatic hydroxyl groups excluding tert-OH is 1. The van der Waals surface area contributed by atoms with Crippen LogP contribution >= 0.6 is 0 Å². The van der Waals surface area contributed by atoms with E-state index in [1.807, 2.05) is 31.2 Å². The van der Waals surface area contributed by atoms with Crippen LogP contribution in [-0.2, 0) is 4.74 Å². The Bertz CT molecular complexity index is 380. The van der Waals surface area contributed by atoms with E-state index in [-0.39, 0.29) is 12.0 Å². The van der Waals surface area contributed by atoms with Gasteiger partial charge in [-0.15, -0.1) is 0 Å². The van der Waals surface area contributed by atoms with Crippen molar-refractivity contribution < 1.29 is 19.3 Å². The van der Waals surface area contributed by atoms with Gasteiger partial charge in [-0.05, 0) is 31.9 Å². The molecule has 2 rings (SSSR count). The Kier molecular flexibility index (Phi) is 5.48. The van der Waals surface area contributed by atoms with E-state index in [1.54, 1.807) is 0 Å². The van der Waals surface area contributed by atoms with Crippen LogP contribution in [0.4, 0.5) is 0 Å². The molecule has 1 aromatic carbocycles. The van der Waals surface area contributed by atoms with E-state index in [0.29, 0.717) is 26.4 Å². The van der Waals surface area contributed by atoms with Crippen molar-refractivity contribution in [2.75, 3.05) is 26.4 Å². The summed E-state index contributed by atoms with van der Waals surface area (Å²) in [6.07, 6.45) is 1.25. The van der Waals surface area contributed by atoms with E-state index in [4.69, 9.17) is 14.2 Å². The third-order valence-corrected chi connectivity index (χ3v) is 3.33. The van der Waals surface area contributed by atoms with Crippen LogP contribution in [0.25, 0.3) is 0 Å². The maximum absolute atomic E-state index is 9.84. The van der Waals surface area contributed by atoms with Crippen molar-refractivity contribution in [3.63, 3.8) is 0 Å². The van der Waals surface area contributed by atoms with Gasteiger partial charge in [0, 0.05) is 12.5 Å². The Morgan fingerprint density at radius 1 is 1.26 bits per heavy atom. The van der Waals surface area contributed by atoms with Gasteiger partial charge in [0.05, 0.1) is 25.9 Å². The van der Waals surface area contributed by atoms with Crippen molar-refractivity contribution >= 4 is 0 Å². The molecule has 0 bridgehead atoms. The summed E-state index contributed by atoms with van der Waals surface area (Å²) in [7, 11) is 0. The molecule has 0 amide bonds. The topological polar surface area (TPSA) is 47.9 Å². The molecule has 1 aliphatic rings. The number of benzene rings is 1. The fourth-order valence-electron chi connectivity index (χ4n) is 2.23. The average Bonchev–Trinajstić information content (AvgIpc) is 2.43. The zero-order valence-electron chi connectivity index (χ0n) is 11.4. The van der Waals surface area contributed by atoms with Gasteiger partial charge < -0.3 is 19.3 Å². The summed E-state index contributed by atoms with van der Waals surface area (Å²) in [5.41, 5.74) is 0. The fraction of sp³-hybridized carbons (Fsp3) is 0.600. The highest BCUT2D eigenvalue weighted by Crippen LogP contribution is 2.27. The van der Waals surface area contributed by atoms with E-state index in [9.17, 15) is 5.11 Å². The fourth-order valence-corrected chi connectivity index (χ4v) is 2.23. The lowest BCUT2D eigenvalue weighted by atomic mass is 9.96. The van der Waals surface area contributed by atoms with E-state index in [2.05, 4.69) is 0 Å². The normalized spacial score (nSPS) is 23.1. The van der Waals surface area contributed by atoms with Crippen LogP contribution in [0.3, 0.4) is 0 Å². The first kappa shape index (κ1) is 14.2. The number of rotatable bonds is 6. The largest absolute Gasteiger partial charge is 0.490 e. The van der Waals surface area contributed by atoms with Crippen molar-refractivity contribution in [3.05, 3.63) is 24.3 Å². The van der Waals surface area contributed by atoms with Crippen LogP contribution in [0, 0.1) is 5.92 Å². The van der Waals surface area contributed by atoms with Crippen molar-refractivity contribution in [2.45, 2.75) is 25.9 Å². The highest BCUT2D eigenvalue weighted by atomic mass is 16.5. The Balaban J connectivity index is 1.81. The third-order valence-electron chi connectivity index (χ3n) is 3.33. The van der Waals surface area contributed by atoms with Crippen LogP contribution in [0.5, 0.6) is 11.5 Å². The molecule has 1 aliphatic heterocycles. The second-order valence-corrected chi connectivity index (χ2v) is 4.71. The van der Waals surface area contributed by atoms with E-state index < -0.39 is 0 Å². The monoisotopic (exact) mass is 266 g/mol. The molecule has 1 saturated heterocycles. The van der Waals surface area contributed by atoms with Crippen LogP contribution in [-0.4, -0.2) is 37.6 Å². The Morgan fingerprint density at radius 3 is 2.68 bits per heavy atom. The number of hydrogen-bond acceptors (Lipinski definition) is 4. The maximum atomic E-state index is 9.84. The summed E-state index contributed by atoms with van der Waals surface area (Å²) in [5.74, 6) is 1.70. The zero-order chi connectivity index (χ0) is 13.5. The zero-order valence-corrected chi connectivity index (χ0v) is 11.4. The van der Waals surface area contributed by atoms with Gasteiger partial charge in [0.2, 0.25) is 0 Å². The molecule has 0 aliphatic carbocycles. The summed E-state index contributed by atoms with van der Waals surface area (Å²) < 4.78 is 16.6. The molecule has 1 aromatic rings. The van der Waals surface area contributed by atoms with Gasteiger partial charge in [0.25, 0.3) is 0 Å². The lowest BCUT2D eigenvalue weighted by Gasteiger charge is -2.27. The highest BCUT2D eigenvalue weighted by Gasteiger charge is 2.23. The Morgan fingerprint density at radius 2 is 2.00 bits per heavy atom. The van der Waals surface area contributed by atoms with Crippen molar-refractivity contribution in [1.82, 2.24) is 0 Å². The van der Waals surface area contributed by atoms with Crippen molar-refractivity contribution in [1.29, 1.82) is 0 Å². The molecule has 0 aromatic heterocycles. The Hall–Kier alpha value is -1.26. The lowest BCUT2D eigenvalue weighted by molar-refractivity contribution is -0.0418. The molecular weight excluding hydrogens is 244 g/mol. The molecule has 106 valence electrons. The van der Waals surface area contributed by atoms with Crippen LogP contribution in [0.2, 0.25) is 0 Å². The first-order valence-electron chi connectivity index (χ1n) is 6.91. The second-order valence-electron chi connectivity index (χ2n) is 4.71. The minimum Gasteiger partial charge on any atom is -0.490 e. The summed E-state index contributed by atoms with van der Waals surface area (Å²) in [4.78, 5) is 0. The van der Waals surface area contributed by atoms with Gasteiger partial charge in [-0.1, -0.05) is 12.1 Å². The molecule has 19 heavy (non-hydrogen) atoms. The molecule has 4 heteroatoms. The number of hydrogen-bond donors (Lipinski definition) is 1. The summed E-state index contributed by atoms with van der Waals surface area (Å²) >= 11 is 0. The molecule has 0 saturated carbocycles. The van der Waals surface area contributed by atoms with Crippen molar-refractivity contribution in [3.8, 4) is 11.5 Å². The van der Waals surface area contributed by atoms with Crippen LogP contribution in [0.1, 0.15) is 19.8 Å². The summed E-state index contributed by atoms with van der Waals surface area (Å²) in [5, 5.41) is 9.84. The SMILES string of the molecule is CCOc1ccccc1OCCC1COCCC1O. The van der Waals surface area contributed by atoms with E-state index in [0.717, 1.165) is 24.3 Å². The average molecular weight is 266 g/mol. The molecule has 1 heterocycles. The number of aliphatic hydroxyl groups is 1. The Labute approximate surface area is 114 Å². The van der Waals surface area contributed by atoms with E-state index >= 15 is 0 Å². The highest BCUT2D eigenvalue weighted by molar-refractivity contribution is 5.39. The third kappa shape index (κ3) is 4.11.